The van der Waals surface area contributed by atoms with Gasteiger partial charge in [-0.1, -0.05) is 53.0 Å². The van der Waals surface area contributed by atoms with Crippen LogP contribution in [-0.4, -0.2) is 65.7 Å². The predicted molar refractivity (Wildman–Crippen MR) is 209 cm³/mol. The highest BCUT2D eigenvalue weighted by molar-refractivity contribution is 6.14. The summed E-state index contributed by atoms with van der Waals surface area (Å²) >= 11 is 0. The lowest BCUT2D eigenvalue weighted by atomic mass is 9.90. The zero-order chi connectivity index (χ0) is 35.9. The Morgan fingerprint density at radius 2 is 1.76 bits per heavy atom. The lowest BCUT2D eigenvalue weighted by Gasteiger charge is -2.42. The second-order valence-corrected chi connectivity index (χ2v) is 12.3. The van der Waals surface area contributed by atoms with Gasteiger partial charge < -0.3 is 20.9 Å². The average molecular weight is 673 g/mol. The molecule has 0 bridgehead atoms. The maximum atomic E-state index is 15.3. The van der Waals surface area contributed by atoms with Gasteiger partial charge in [0, 0.05) is 68.6 Å². The number of aliphatic imine (C=N–C) groups is 1. The van der Waals surface area contributed by atoms with E-state index in [1.54, 1.807) is 6.07 Å². The molecule has 268 valence electrons. The van der Waals surface area contributed by atoms with E-state index in [9.17, 15) is 0 Å². The first-order valence-electron chi connectivity index (χ1n) is 18.3. The van der Waals surface area contributed by atoms with E-state index in [1.807, 2.05) is 72.3 Å². The molecule has 0 radical (unpaired) electrons. The van der Waals surface area contributed by atoms with Crippen LogP contribution in [0.15, 0.2) is 90.6 Å². The molecule has 1 saturated carbocycles. The van der Waals surface area contributed by atoms with Gasteiger partial charge >= 0.3 is 0 Å². The van der Waals surface area contributed by atoms with Gasteiger partial charge in [-0.05, 0) is 76.1 Å². The second-order valence-electron chi connectivity index (χ2n) is 12.3. The Bertz CT molecular complexity index is 1470. The number of nitrogens with one attached hydrogen (secondary N) is 3. The van der Waals surface area contributed by atoms with Crippen LogP contribution in [0.25, 0.3) is 5.70 Å². The molecule has 1 unspecified atom stereocenters. The number of aromatic nitrogens is 2. The summed E-state index contributed by atoms with van der Waals surface area (Å²) in [7, 11) is 1.86. The fourth-order valence-electron chi connectivity index (χ4n) is 6.59. The van der Waals surface area contributed by atoms with Crippen LogP contribution >= 0.6 is 0 Å². The number of nitrogens with zero attached hydrogens (tertiary/aromatic N) is 5. The van der Waals surface area contributed by atoms with Gasteiger partial charge in [0.25, 0.3) is 0 Å². The Balaban J connectivity index is 0.00000157. The molecule has 49 heavy (non-hydrogen) atoms. The average Bonchev–Trinajstić information content (AvgIpc) is 3.65. The SMILES string of the molecule is C=CCCC(Nc1ccc(N2CCN(C3CCC(n4cc(C5=CNC(=C)C(/C(C)=C/C)=N5)cn4)CC3)CC2)c(F)c1)C(=C)NC.CC.CC. The van der Waals surface area contributed by atoms with Crippen LogP contribution in [0.1, 0.15) is 91.7 Å². The molecule has 9 heteroatoms. The first-order valence-corrected chi connectivity index (χ1v) is 18.3. The van der Waals surface area contributed by atoms with Gasteiger partial charge in [0.15, 0.2) is 0 Å². The molecule has 0 amide bonds. The molecule has 1 saturated heterocycles. The van der Waals surface area contributed by atoms with Gasteiger partial charge in [-0.2, -0.15) is 5.10 Å². The number of hydrogen-bond donors (Lipinski definition) is 3. The lowest BCUT2D eigenvalue weighted by Crippen LogP contribution is -2.51. The molecule has 2 aliphatic heterocycles. The Kier molecular flexibility index (Phi) is 15.9. The summed E-state index contributed by atoms with van der Waals surface area (Å²) in [6.07, 6.45) is 16.1. The van der Waals surface area contributed by atoms with Crippen molar-refractivity contribution in [2.75, 3.05) is 43.4 Å². The maximum Gasteiger partial charge on any atom is 0.148 e. The van der Waals surface area contributed by atoms with Crippen LogP contribution in [0.2, 0.25) is 0 Å². The number of rotatable bonds is 12. The van der Waals surface area contributed by atoms with E-state index in [0.29, 0.717) is 17.8 Å². The van der Waals surface area contributed by atoms with E-state index < -0.39 is 0 Å². The number of halogens is 1. The van der Waals surface area contributed by atoms with Gasteiger partial charge in [-0.3, -0.25) is 9.58 Å². The molecule has 3 N–H and O–H groups in total. The van der Waals surface area contributed by atoms with Crippen LogP contribution in [0.3, 0.4) is 0 Å². The van der Waals surface area contributed by atoms with E-state index in [1.165, 1.54) is 0 Å². The molecule has 1 aliphatic carbocycles. The third-order valence-electron chi connectivity index (χ3n) is 9.51. The summed E-state index contributed by atoms with van der Waals surface area (Å²) in [4.78, 5) is 9.64. The number of anilines is 2. The Morgan fingerprint density at radius 3 is 2.37 bits per heavy atom. The minimum atomic E-state index is -0.186. The van der Waals surface area contributed by atoms with Crippen molar-refractivity contribution in [3.05, 3.63) is 97.0 Å². The largest absolute Gasteiger partial charge is 0.390 e. The first-order chi connectivity index (χ1) is 23.8. The molecular weight excluding hydrogens is 611 g/mol. The van der Waals surface area contributed by atoms with Gasteiger partial charge in [0.2, 0.25) is 0 Å². The molecule has 5 rings (SSSR count). The van der Waals surface area contributed by atoms with Gasteiger partial charge in [-0.25, -0.2) is 9.38 Å². The zero-order valence-corrected chi connectivity index (χ0v) is 31.2. The molecular formula is C40H61FN8. The monoisotopic (exact) mass is 673 g/mol. The summed E-state index contributed by atoms with van der Waals surface area (Å²) < 4.78 is 17.4. The number of hydrogen-bond acceptors (Lipinski definition) is 7. The van der Waals surface area contributed by atoms with E-state index in [2.05, 4.69) is 69.4 Å². The standard InChI is InChI=1S/C36H49FN8.2C2H6/c1-7-9-10-33(26(4)38-6)41-29-11-16-35(32(37)21-29)44-19-17-43(18-20-44)30-12-14-31(15-13-30)45-24-28(22-40-45)34-23-39-27(5)36(42-34)25(3)8-2;2*1-2/h7-8,11,16,21-24,30-31,33,38-39,41H,1,4-5,9-10,12-15,17-20H2,2-3,6H3;2*1-2H3/b25-8+;;. The maximum absolute atomic E-state index is 15.3. The van der Waals surface area contributed by atoms with Crippen molar-refractivity contribution in [3.8, 4) is 0 Å². The highest BCUT2D eigenvalue weighted by atomic mass is 19.1. The van der Waals surface area contributed by atoms with Crippen molar-refractivity contribution in [1.29, 1.82) is 0 Å². The van der Waals surface area contributed by atoms with Crippen LogP contribution in [0.5, 0.6) is 0 Å². The summed E-state index contributed by atoms with van der Waals surface area (Å²) in [5.41, 5.74) is 7.02. The Hall–Kier alpha value is -4.11. The number of benzene rings is 1. The summed E-state index contributed by atoms with van der Waals surface area (Å²) in [5, 5.41) is 14.5. The van der Waals surface area contributed by atoms with Crippen molar-refractivity contribution >= 4 is 22.8 Å². The molecule has 1 atom stereocenters. The minimum Gasteiger partial charge on any atom is -0.390 e. The van der Waals surface area contributed by atoms with Gasteiger partial charge in [0.1, 0.15) is 5.82 Å². The summed E-state index contributed by atoms with van der Waals surface area (Å²) in [6.45, 7) is 27.6. The van der Waals surface area contributed by atoms with Crippen molar-refractivity contribution < 1.29 is 4.39 Å². The predicted octanol–water partition coefficient (Wildman–Crippen LogP) is 8.68. The lowest BCUT2D eigenvalue weighted by molar-refractivity contribution is 0.128. The molecule has 2 aromatic rings. The zero-order valence-electron chi connectivity index (χ0n) is 31.2. The normalized spacial score (nSPS) is 20.3. The number of likely N-dealkylation sites (N-methyl/N-ethyl adjacent to an activating group) is 1. The highest BCUT2D eigenvalue weighted by Crippen LogP contribution is 2.33. The molecule has 1 aromatic heterocycles. The molecule has 2 fully saturated rings. The quantitative estimate of drug-likeness (QED) is 0.196. The van der Waals surface area contributed by atoms with Crippen LogP contribution in [0, 0.1) is 5.82 Å². The minimum absolute atomic E-state index is 0.00889. The van der Waals surface area contributed by atoms with Crippen LogP contribution in [0.4, 0.5) is 15.8 Å². The molecule has 3 aliphatic rings. The van der Waals surface area contributed by atoms with E-state index in [4.69, 9.17) is 10.1 Å². The van der Waals surface area contributed by atoms with Crippen molar-refractivity contribution in [1.82, 2.24) is 25.3 Å². The topological polar surface area (TPSA) is 72.8 Å². The van der Waals surface area contributed by atoms with Crippen molar-refractivity contribution in [2.45, 2.75) is 98.2 Å². The number of allylic oxidation sites excluding steroid dienone is 3. The van der Waals surface area contributed by atoms with Crippen molar-refractivity contribution in [3.63, 3.8) is 0 Å². The highest BCUT2D eigenvalue weighted by Gasteiger charge is 2.30. The van der Waals surface area contributed by atoms with Crippen molar-refractivity contribution in [2.24, 2.45) is 4.99 Å². The third kappa shape index (κ3) is 10.2. The smallest absolute Gasteiger partial charge is 0.148 e. The molecule has 8 nitrogen and oxygen atoms in total. The molecule has 1 aromatic carbocycles. The second kappa shape index (κ2) is 19.8. The molecule has 0 spiro atoms. The summed E-state index contributed by atoms with van der Waals surface area (Å²) in [5.74, 6) is -0.186. The Morgan fingerprint density at radius 1 is 1.08 bits per heavy atom. The summed E-state index contributed by atoms with van der Waals surface area (Å²) in [6, 6.07) is 6.47. The van der Waals surface area contributed by atoms with Crippen LogP contribution < -0.4 is 20.9 Å². The molecule has 3 heterocycles. The van der Waals surface area contributed by atoms with Gasteiger partial charge in [-0.15, -0.1) is 6.58 Å². The van der Waals surface area contributed by atoms with Crippen LogP contribution in [-0.2, 0) is 0 Å². The first kappa shape index (κ1) is 39.3. The van der Waals surface area contributed by atoms with E-state index in [-0.39, 0.29) is 11.9 Å². The fourth-order valence-corrected chi connectivity index (χ4v) is 6.59. The van der Waals surface area contributed by atoms with E-state index >= 15 is 4.39 Å². The van der Waals surface area contributed by atoms with Gasteiger partial charge in [0.05, 0.1) is 41.1 Å². The third-order valence-corrected chi connectivity index (χ3v) is 9.51. The fraction of sp³-hybridized carbons (Fsp3) is 0.500. The van der Waals surface area contributed by atoms with E-state index in [0.717, 1.165) is 104 Å². The Labute approximate surface area is 295 Å². The number of piperazine rings is 1.